The molecule has 3 aromatic rings. The van der Waals surface area contributed by atoms with Gasteiger partial charge in [0.05, 0.1) is 4.90 Å². The maximum absolute atomic E-state index is 13.6. The summed E-state index contributed by atoms with van der Waals surface area (Å²) in [5, 5.41) is 12.4. The highest BCUT2D eigenvalue weighted by Gasteiger charge is 2.31. The molecule has 35 heavy (non-hydrogen) atoms. The van der Waals surface area contributed by atoms with Crippen molar-refractivity contribution in [3.05, 3.63) is 89.5 Å². The summed E-state index contributed by atoms with van der Waals surface area (Å²) in [4.78, 5) is 28.0. The zero-order chi connectivity index (χ0) is 25.0. The molecule has 0 spiro atoms. The predicted molar refractivity (Wildman–Crippen MR) is 133 cm³/mol. The van der Waals surface area contributed by atoms with Crippen molar-refractivity contribution in [1.82, 2.24) is 10.0 Å². The smallest absolute Gasteiger partial charge is 0.329 e. The van der Waals surface area contributed by atoms with Gasteiger partial charge in [-0.3, -0.25) is 4.79 Å². The molecule has 0 unspecified atom stereocenters. The van der Waals surface area contributed by atoms with E-state index in [0.717, 1.165) is 17.5 Å². The van der Waals surface area contributed by atoms with Crippen molar-refractivity contribution in [2.45, 2.75) is 37.1 Å². The zero-order valence-corrected chi connectivity index (χ0v) is 20.1. The fourth-order valence-electron chi connectivity index (χ4n) is 4.27. The van der Waals surface area contributed by atoms with Crippen LogP contribution in [0.1, 0.15) is 23.1 Å². The van der Waals surface area contributed by atoms with Gasteiger partial charge in [0.15, 0.2) is 0 Å². The van der Waals surface area contributed by atoms with Crippen LogP contribution in [0, 0.1) is 6.92 Å². The second kappa shape index (κ2) is 10.2. The summed E-state index contributed by atoms with van der Waals surface area (Å²) < 4.78 is 27.6. The van der Waals surface area contributed by atoms with E-state index >= 15 is 0 Å². The number of nitrogens with zero attached hydrogens (tertiary/aromatic N) is 1. The van der Waals surface area contributed by atoms with E-state index in [1.807, 2.05) is 35.1 Å². The van der Waals surface area contributed by atoms with Crippen molar-refractivity contribution in [3.63, 3.8) is 0 Å². The Morgan fingerprint density at radius 2 is 1.74 bits per heavy atom. The number of benzene rings is 3. The number of carbonyl (C=O) groups is 2. The number of sulfonamides is 1. The molecule has 182 valence electrons. The van der Waals surface area contributed by atoms with E-state index in [1.165, 1.54) is 12.1 Å². The lowest BCUT2D eigenvalue weighted by Gasteiger charge is -2.32. The fourth-order valence-corrected chi connectivity index (χ4v) is 5.44. The number of hydrogen-bond donors (Lipinski definition) is 3. The molecule has 4 rings (SSSR count). The number of urea groups is 1. The fraction of sp³-hybridized carbons (Fsp3) is 0.231. The minimum Gasteiger partial charge on any atom is -0.508 e. The van der Waals surface area contributed by atoms with E-state index < -0.39 is 22.1 Å². The van der Waals surface area contributed by atoms with Gasteiger partial charge in [-0.1, -0.05) is 48.5 Å². The van der Waals surface area contributed by atoms with E-state index in [4.69, 9.17) is 0 Å². The highest BCUT2D eigenvalue weighted by atomic mass is 32.2. The summed E-state index contributed by atoms with van der Waals surface area (Å²) >= 11 is 0. The lowest BCUT2D eigenvalue weighted by atomic mass is 9.99. The van der Waals surface area contributed by atoms with Crippen LogP contribution in [0.4, 0.5) is 10.5 Å². The average Bonchev–Trinajstić information content (AvgIpc) is 2.83. The van der Waals surface area contributed by atoms with Crippen molar-refractivity contribution in [3.8, 4) is 5.75 Å². The van der Waals surface area contributed by atoms with Crippen LogP contribution < -0.4 is 14.9 Å². The van der Waals surface area contributed by atoms with Crippen LogP contribution in [0.5, 0.6) is 5.75 Å². The van der Waals surface area contributed by atoms with Gasteiger partial charge in [-0.05, 0) is 60.7 Å². The van der Waals surface area contributed by atoms with Crippen molar-refractivity contribution in [1.29, 1.82) is 0 Å². The molecule has 1 aliphatic heterocycles. The maximum Gasteiger partial charge on any atom is 0.329 e. The summed E-state index contributed by atoms with van der Waals surface area (Å²) in [6.45, 7) is 2.09. The molecule has 0 fully saturated rings. The molecule has 1 aliphatic rings. The third kappa shape index (κ3) is 5.63. The van der Waals surface area contributed by atoms with Gasteiger partial charge < -0.3 is 15.3 Å². The second-order valence-corrected chi connectivity index (χ2v) is 10.1. The summed E-state index contributed by atoms with van der Waals surface area (Å²) in [6, 6.07) is 18.4. The Balaban J connectivity index is 1.59. The number of phenols is 1. The summed E-state index contributed by atoms with van der Waals surface area (Å²) in [7, 11) is -4.13. The molecule has 9 heteroatoms. The number of nitrogens with one attached hydrogen (secondary N) is 2. The molecule has 0 aliphatic carbocycles. The molecule has 0 bridgehead atoms. The number of hydrogen-bond acceptors (Lipinski definition) is 5. The van der Waals surface area contributed by atoms with Crippen LogP contribution in [-0.2, 0) is 27.7 Å². The Hall–Kier alpha value is -3.85. The summed E-state index contributed by atoms with van der Waals surface area (Å²) in [6.07, 6.45) is 1.61. The van der Waals surface area contributed by atoms with Crippen LogP contribution in [0.25, 0.3) is 0 Å². The van der Waals surface area contributed by atoms with Crippen molar-refractivity contribution in [2.24, 2.45) is 0 Å². The van der Waals surface area contributed by atoms with Crippen molar-refractivity contribution in [2.75, 3.05) is 11.4 Å². The van der Waals surface area contributed by atoms with E-state index in [9.17, 15) is 23.1 Å². The zero-order valence-electron chi connectivity index (χ0n) is 19.3. The van der Waals surface area contributed by atoms with Crippen molar-refractivity contribution < 1.29 is 23.1 Å². The van der Waals surface area contributed by atoms with E-state index in [0.29, 0.717) is 24.2 Å². The molecule has 3 amide bonds. The maximum atomic E-state index is 13.6. The molecule has 3 N–H and O–H groups in total. The van der Waals surface area contributed by atoms with Crippen molar-refractivity contribution >= 4 is 27.6 Å². The number of amides is 3. The minimum atomic E-state index is -4.13. The molecule has 0 saturated carbocycles. The highest BCUT2D eigenvalue weighted by molar-refractivity contribution is 7.90. The molecule has 0 saturated heterocycles. The Morgan fingerprint density at radius 1 is 1.03 bits per heavy atom. The highest BCUT2D eigenvalue weighted by Crippen LogP contribution is 2.30. The van der Waals surface area contributed by atoms with Crippen LogP contribution in [-0.4, -0.2) is 38.0 Å². The van der Waals surface area contributed by atoms with Gasteiger partial charge in [0.25, 0.3) is 10.0 Å². The number of fused-ring (bicyclic) bond motifs is 1. The van der Waals surface area contributed by atoms with Gasteiger partial charge in [-0.15, -0.1) is 0 Å². The lowest BCUT2D eigenvalue weighted by molar-refractivity contribution is -0.120. The van der Waals surface area contributed by atoms with Crippen LogP contribution >= 0.6 is 0 Å². The Labute approximate surface area is 204 Å². The quantitative estimate of drug-likeness (QED) is 0.487. The van der Waals surface area contributed by atoms with Crippen LogP contribution in [0.2, 0.25) is 0 Å². The van der Waals surface area contributed by atoms with Gasteiger partial charge in [-0.2, -0.15) is 0 Å². The van der Waals surface area contributed by atoms with E-state index in [2.05, 4.69) is 5.32 Å². The first-order chi connectivity index (χ1) is 16.7. The molecule has 0 radical (unpaired) electrons. The normalized spacial score (nSPS) is 14.0. The van der Waals surface area contributed by atoms with Crippen LogP contribution in [0.15, 0.2) is 77.7 Å². The molecule has 0 aromatic heterocycles. The summed E-state index contributed by atoms with van der Waals surface area (Å²) in [5.41, 5.74) is 2.83. The molecule has 8 nitrogen and oxygen atoms in total. The number of phenolic OH excluding ortho intramolecular Hbond substituents is 1. The van der Waals surface area contributed by atoms with Gasteiger partial charge in [0.1, 0.15) is 11.8 Å². The largest absolute Gasteiger partial charge is 0.508 e. The van der Waals surface area contributed by atoms with Gasteiger partial charge >= 0.3 is 6.03 Å². The van der Waals surface area contributed by atoms with Gasteiger partial charge in [0, 0.05) is 18.7 Å². The first kappa shape index (κ1) is 24.3. The average molecular weight is 494 g/mol. The lowest BCUT2D eigenvalue weighted by Crippen LogP contribution is -2.54. The molecular weight excluding hydrogens is 466 g/mol. The second-order valence-electron chi connectivity index (χ2n) is 8.49. The number of anilines is 1. The molecular formula is C26H27N3O5S. The molecule has 1 heterocycles. The van der Waals surface area contributed by atoms with E-state index in [1.54, 1.807) is 42.2 Å². The topological polar surface area (TPSA) is 116 Å². The third-order valence-electron chi connectivity index (χ3n) is 5.94. The SMILES string of the molecule is Cc1ccccc1S(=O)(=O)NC(=O)N[C@@H](Cc1ccccc1)C(=O)N1CCCc2cc(O)ccc21. The monoisotopic (exact) mass is 493 g/mol. The first-order valence-corrected chi connectivity index (χ1v) is 12.8. The van der Waals surface area contributed by atoms with E-state index in [-0.39, 0.29) is 23.0 Å². The molecule has 1 atom stereocenters. The van der Waals surface area contributed by atoms with Gasteiger partial charge in [-0.25, -0.2) is 17.9 Å². The standard InChI is InChI=1S/C26H27N3O5S/c1-18-8-5-6-12-24(18)35(33,34)28-26(32)27-22(16-19-9-3-2-4-10-19)25(31)29-15-7-11-20-17-21(30)13-14-23(20)29/h2-6,8-10,12-14,17,22,30H,7,11,15-16H2,1H3,(H2,27,28,32)/t22-/m0/s1. The Kier molecular flexibility index (Phi) is 7.07. The van der Waals surface area contributed by atoms with Crippen LogP contribution in [0.3, 0.4) is 0 Å². The summed E-state index contributed by atoms with van der Waals surface area (Å²) in [5.74, 6) is -0.235. The molecule has 3 aromatic carbocycles. The number of aromatic hydroxyl groups is 1. The minimum absolute atomic E-state index is 0.00847. The first-order valence-electron chi connectivity index (χ1n) is 11.3. The predicted octanol–water partition coefficient (Wildman–Crippen LogP) is 3.28. The Bertz CT molecular complexity index is 1340. The number of aryl methyl sites for hydroxylation is 2. The Morgan fingerprint density at radius 3 is 2.49 bits per heavy atom. The number of rotatable bonds is 6. The number of carbonyl (C=O) groups excluding carboxylic acids is 2. The third-order valence-corrected chi connectivity index (χ3v) is 7.44. The van der Waals surface area contributed by atoms with Gasteiger partial charge in [0.2, 0.25) is 5.91 Å².